The van der Waals surface area contributed by atoms with Crippen molar-refractivity contribution in [2.45, 2.75) is 38.5 Å². The Morgan fingerprint density at radius 3 is 2.77 bits per heavy atom. The Balaban J connectivity index is 1.10. The summed E-state index contributed by atoms with van der Waals surface area (Å²) in [6, 6.07) is 17.1. The maximum absolute atomic E-state index is 11.5. The van der Waals surface area contributed by atoms with Crippen molar-refractivity contribution in [3.05, 3.63) is 83.6 Å². The summed E-state index contributed by atoms with van der Waals surface area (Å²) in [5.41, 5.74) is 5.88. The van der Waals surface area contributed by atoms with Crippen LogP contribution in [0.4, 0.5) is 0 Å². The highest BCUT2D eigenvalue weighted by molar-refractivity contribution is 5.92. The van der Waals surface area contributed by atoms with Crippen LogP contribution in [0.1, 0.15) is 46.2 Å². The number of nitrogens with one attached hydrogen (secondary N) is 1. The summed E-state index contributed by atoms with van der Waals surface area (Å²) in [6.07, 6.45) is 3.68. The normalized spacial score (nSPS) is 14.7. The van der Waals surface area contributed by atoms with E-state index in [1.54, 1.807) is 31.6 Å². The first-order valence-electron chi connectivity index (χ1n) is 13.5. The molecule has 2 aromatic carbocycles. The number of nitrogens with zero attached hydrogens (tertiary/aromatic N) is 5. The van der Waals surface area contributed by atoms with Crippen molar-refractivity contribution in [1.29, 1.82) is 0 Å². The minimum Gasteiger partial charge on any atom is -0.478 e. The fourth-order valence-electron chi connectivity index (χ4n) is 5.48. The summed E-state index contributed by atoms with van der Waals surface area (Å²) in [6.45, 7) is 4.10. The van der Waals surface area contributed by atoms with Crippen LogP contribution in [-0.4, -0.2) is 67.3 Å². The Kier molecular flexibility index (Phi) is 7.43. The average molecular weight is 541 g/mol. The molecule has 0 aliphatic carbocycles. The number of aromatic carboxylic acids is 1. The van der Waals surface area contributed by atoms with Crippen LogP contribution in [0.2, 0.25) is 0 Å². The summed E-state index contributed by atoms with van der Waals surface area (Å²) >= 11 is 0. The second-order valence-corrected chi connectivity index (χ2v) is 10.1. The lowest BCUT2D eigenvalue weighted by Crippen LogP contribution is -2.33. The standard InChI is InChI=1S/C30H32N6O4/c1-39-15-14-36-26-16-21(30(37)38)8-9-24(26)33-27(36)17-35-12-10-20(11-13-35)23-5-3-7-28(34-23)40-18-22-4-2-6-25-29(22)32-19-31-25/h2-9,16,19-20H,10-15,17-18H2,1H3,(H,31,32)(H,37,38). The van der Waals surface area contributed by atoms with Gasteiger partial charge >= 0.3 is 5.97 Å². The van der Waals surface area contributed by atoms with Crippen molar-refractivity contribution in [2.24, 2.45) is 0 Å². The second-order valence-electron chi connectivity index (χ2n) is 10.1. The first-order chi connectivity index (χ1) is 19.6. The lowest BCUT2D eigenvalue weighted by atomic mass is 9.93. The molecule has 0 amide bonds. The summed E-state index contributed by atoms with van der Waals surface area (Å²) < 4.78 is 13.5. The van der Waals surface area contributed by atoms with Crippen molar-refractivity contribution < 1.29 is 19.4 Å². The van der Waals surface area contributed by atoms with E-state index in [9.17, 15) is 9.90 Å². The zero-order chi connectivity index (χ0) is 27.5. The fourth-order valence-corrected chi connectivity index (χ4v) is 5.48. The topological polar surface area (TPSA) is 118 Å². The van der Waals surface area contributed by atoms with Crippen LogP contribution < -0.4 is 4.74 Å². The van der Waals surface area contributed by atoms with Gasteiger partial charge in [0.2, 0.25) is 5.88 Å². The summed E-state index contributed by atoms with van der Waals surface area (Å²) in [7, 11) is 1.67. The number of fused-ring (bicyclic) bond motifs is 2. The van der Waals surface area contributed by atoms with Gasteiger partial charge < -0.3 is 24.1 Å². The third-order valence-corrected chi connectivity index (χ3v) is 7.62. The van der Waals surface area contributed by atoms with Gasteiger partial charge in [0, 0.05) is 36.9 Å². The van der Waals surface area contributed by atoms with Gasteiger partial charge in [0.25, 0.3) is 0 Å². The number of carboxylic acid groups (broad SMARTS) is 1. The van der Waals surface area contributed by atoms with E-state index in [4.69, 9.17) is 19.4 Å². The average Bonchev–Trinajstić information content (AvgIpc) is 3.60. The van der Waals surface area contributed by atoms with Crippen LogP contribution in [0.25, 0.3) is 22.1 Å². The highest BCUT2D eigenvalue weighted by Crippen LogP contribution is 2.29. The molecule has 5 aromatic rings. The van der Waals surface area contributed by atoms with Crippen LogP contribution in [0.15, 0.2) is 60.9 Å². The number of aromatic nitrogens is 5. The molecule has 1 saturated heterocycles. The number of H-pyrrole nitrogens is 1. The van der Waals surface area contributed by atoms with Gasteiger partial charge in [-0.05, 0) is 56.3 Å². The minimum absolute atomic E-state index is 0.260. The summed E-state index contributed by atoms with van der Waals surface area (Å²) in [5, 5.41) is 9.45. The Hall–Kier alpha value is -4.28. The van der Waals surface area contributed by atoms with Gasteiger partial charge in [-0.15, -0.1) is 0 Å². The molecule has 0 atom stereocenters. The number of aromatic amines is 1. The number of pyridine rings is 1. The quantitative estimate of drug-likeness (QED) is 0.264. The van der Waals surface area contributed by atoms with E-state index >= 15 is 0 Å². The number of carbonyl (C=O) groups is 1. The van der Waals surface area contributed by atoms with Crippen molar-refractivity contribution >= 4 is 28.0 Å². The number of benzene rings is 2. The molecule has 1 fully saturated rings. The van der Waals surface area contributed by atoms with E-state index in [0.717, 1.165) is 65.1 Å². The number of ether oxygens (including phenoxy) is 2. The summed E-state index contributed by atoms with van der Waals surface area (Å²) in [5.74, 6) is 0.969. The van der Waals surface area contributed by atoms with Crippen molar-refractivity contribution in [3.8, 4) is 5.88 Å². The van der Waals surface area contributed by atoms with Gasteiger partial charge in [-0.3, -0.25) is 4.90 Å². The van der Waals surface area contributed by atoms with Crippen LogP contribution in [-0.2, 0) is 24.4 Å². The lowest BCUT2D eigenvalue weighted by Gasteiger charge is -2.31. The van der Waals surface area contributed by atoms with Gasteiger partial charge in [-0.2, -0.15) is 0 Å². The number of methoxy groups -OCH3 is 1. The molecule has 206 valence electrons. The third-order valence-electron chi connectivity index (χ3n) is 7.62. The molecule has 2 N–H and O–H groups in total. The van der Waals surface area contributed by atoms with Crippen LogP contribution in [0.5, 0.6) is 5.88 Å². The van der Waals surface area contributed by atoms with Crippen molar-refractivity contribution in [2.75, 3.05) is 26.8 Å². The number of hydrogen-bond donors (Lipinski definition) is 2. The Labute approximate surface area is 231 Å². The van der Waals surface area contributed by atoms with Gasteiger partial charge in [-0.1, -0.05) is 18.2 Å². The summed E-state index contributed by atoms with van der Waals surface area (Å²) in [4.78, 5) is 31.2. The molecular weight excluding hydrogens is 508 g/mol. The van der Waals surface area contributed by atoms with E-state index in [1.165, 1.54) is 0 Å². The van der Waals surface area contributed by atoms with E-state index in [0.29, 0.717) is 38.1 Å². The maximum atomic E-state index is 11.5. The molecule has 0 unspecified atom stereocenters. The second kappa shape index (κ2) is 11.4. The molecule has 0 radical (unpaired) electrons. The lowest BCUT2D eigenvalue weighted by molar-refractivity contribution is 0.0697. The number of rotatable bonds is 10. The number of piperidine rings is 1. The molecule has 10 nitrogen and oxygen atoms in total. The Morgan fingerprint density at radius 1 is 1.10 bits per heavy atom. The minimum atomic E-state index is -0.942. The highest BCUT2D eigenvalue weighted by atomic mass is 16.5. The largest absolute Gasteiger partial charge is 0.478 e. The van der Waals surface area contributed by atoms with Crippen LogP contribution in [0, 0.1) is 0 Å². The smallest absolute Gasteiger partial charge is 0.335 e. The zero-order valence-corrected chi connectivity index (χ0v) is 22.4. The van der Waals surface area contributed by atoms with E-state index in [2.05, 4.69) is 25.5 Å². The molecule has 0 saturated carbocycles. The molecule has 40 heavy (non-hydrogen) atoms. The fraction of sp³-hybridized carbons (Fsp3) is 0.333. The number of para-hydroxylation sites is 1. The van der Waals surface area contributed by atoms with Gasteiger partial charge in [-0.25, -0.2) is 19.7 Å². The maximum Gasteiger partial charge on any atom is 0.335 e. The molecule has 1 aliphatic rings. The number of imidazole rings is 2. The predicted molar refractivity (Wildman–Crippen MR) is 150 cm³/mol. The van der Waals surface area contributed by atoms with Crippen molar-refractivity contribution in [3.63, 3.8) is 0 Å². The van der Waals surface area contributed by atoms with E-state index in [-0.39, 0.29) is 5.56 Å². The number of hydrogen-bond acceptors (Lipinski definition) is 7. The first kappa shape index (κ1) is 26.0. The monoisotopic (exact) mass is 540 g/mol. The molecule has 6 rings (SSSR count). The van der Waals surface area contributed by atoms with E-state index in [1.807, 2.05) is 30.3 Å². The van der Waals surface area contributed by atoms with Gasteiger partial charge in [0.15, 0.2) is 0 Å². The number of likely N-dealkylation sites (tertiary alicyclic amines) is 1. The SMILES string of the molecule is COCCn1c(CN2CCC(c3cccc(OCc4cccc5[nH]cnc45)n3)CC2)nc2ccc(C(=O)O)cc21. The zero-order valence-electron chi connectivity index (χ0n) is 22.4. The third kappa shape index (κ3) is 5.41. The Morgan fingerprint density at radius 2 is 1.95 bits per heavy atom. The molecule has 1 aliphatic heterocycles. The van der Waals surface area contributed by atoms with Crippen LogP contribution >= 0.6 is 0 Å². The number of carboxylic acids is 1. The molecule has 0 spiro atoms. The molecule has 3 aromatic heterocycles. The molecule has 10 heteroatoms. The molecule has 4 heterocycles. The van der Waals surface area contributed by atoms with E-state index < -0.39 is 5.97 Å². The molecule has 0 bridgehead atoms. The molecular formula is C30H32N6O4. The highest BCUT2D eigenvalue weighted by Gasteiger charge is 2.24. The Bertz CT molecular complexity index is 1640. The van der Waals surface area contributed by atoms with Gasteiger partial charge in [0.05, 0.1) is 47.1 Å². The van der Waals surface area contributed by atoms with Crippen LogP contribution in [0.3, 0.4) is 0 Å². The first-order valence-corrected chi connectivity index (χ1v) is 13.5. The predicted octanol–water partition coefficient (Wildman–Crippen LogP) is 4.61. The van der Waals surface area contributed by atoms with Gasteiger partial charge in [0.1, 0.15) is 12.4 Å². The van der Waals surface area contributed by atoms with Crippen molar-refractivity contribution in [1.82, 2.24) is 29.4 Å².